The Morgan fingerprint density at radius 1 is 1.11 bits per heavy atom. The minimum atomic E-state index is -1.01. The van der Waals surface area contributed by atoms with Gasteiger partial charge in [0.2, 0.25) is 0 Å². The van der Waals surface area contributed by atoms with Gasteiger partial charge in [0.1, 0.15) is 29.9 Å². The fourth-order valence-electron chi connectivity index (χ4n) is 5.11. The summed E-state index contributed by atoms with van der Waals surface area (Å²) in [4.78, 5) is 43.1. The van der Waals surface area contributed by atoms with Crippen molar-refractivity contribution in [3.8, 4) is 17.1 Å². The molecule has 0 N–H and O–H groups in total. The molecule has 12 heteroatoms. The van der Waals surface area contributed by atoms with Crippen LogP contribution in [0.15, 0.2) is 110 Å². The van der Waals surface area contributed by atoms with Crippen LogP contribution in [0.1, 0.15) is 36.8 Å². The van der Waals surface area contributed by atoms with Crippen molar-refractivity contribution in [2.45, 2.75) is 26.5 Å². The summed E-state index contributed by atoms with van der Waals surface area (Å²) in [7, 11) is 0. The molecule has 0 radical (unpaired) electrons. The first kappa shape index (κ1) is 30.8. The second-order valence-electron chi connectivity index (χ2n) is 10.3. The van der Waals surface area contributed by atoms with Crippen LogP contribution in [-0.2, 0) is 16.1 Å². The van der Waals surface area contributed by atoms with E-state index in [1.807, 2.05) is 54.6 Å². The van der Waals surface area contributed by atoms with E-state index >= 15 is 0 Å². The van der Waals surface area contributed by atoms with Crippen LogP contribution >= 0.6 is 22.9 Å². The molecule has 0 unspecified atom stereocenters. The Kier molecular flexibility index (Phi) is 8.69. The highest BCUT2D eigenvalue weighted by atomic mass is 35.5. The van der Waals surface area contributed by atoms with Gasteiger partial charge in [0.15, 0.2) is 4.80 Å². The van der Waals surface area contributed by atoms with Gasteiger partial charge >= 0.3 is 5.97 Å². The van der Waals surface area contributed by atoms with Crippen molar-refractivity contribution in [1.29, 1.82) is 0 Å². The zero-order valence-electron chi connectivity index (χ0n) is 24.6. The van der Waals surface area contributed by atoms with E-state index in [1.165, 1.54) is 34.1 Å². The molecular formula is C34H26ClN3O7S. The van der Waals surface area contributed by atoms with Crippen molar-refractivity contribution in [2.75, 3.05) is 6.61 Å². The summed E-state index contributed by atoms with van der Waals surface area (Å²) in [6.07, 6.45) is 1.75. The molecule has 0 saturated carbocycles. The number of hydrogen-bond donors (Lipinski definition) is 0. The van der Waals surface area contributed by atoms with Gasteiger partial charge in [-0.2, -0.15) is 0 Å². The van der Waals surface area contributed by atoms with E-state index in [9.17, 15) is 19.7 Å². The summed E-state index contributed by atoms with van der Waals surface area (Å²) in [6.45, 7) is 3.87. The molecule has 0 spiro atoms. The topological polar surface area (TPSA) is 126 Å². The van der Waals surface area contributed by atoms with Gasteiger partial charge < -0.3 is 13.9 Å². The van der Waals surface area contributed by atoms with Crippen molar-refractivity contribution in [3.05, 3.63) is 148 Å². The lowest BCUT2D eigenvalue weighted by atomic mass is 10.0. The largest absolute Gasteiger partial charge is 0.489 e. The first-order chi connectivity index (χ1) is 22.2. The zero-order valence-corrected chi connectivity index (χ0v) is 26.2. The van der Waals surface area contributed by atoms with Gasteiger partial charge in [-0.25, -0.2) is 9.79 Å². The third-order valence-corrected chi connectivity index (χ3v) is 8.56. The minimum absolute atomic E-state index is 0.113. The number of carbonyl (C=O) groups is 1. The maximum absolute atomic E-state index is 14.0. The Hall–Kier alpha value is -5.26. The van der Waals surface area contributed by atoms with Gasteiger partial charge in [-0.15, -0.1) is 0 Å². The molecule has 0 fully saturated rings. The highest BCUT2D eigenvalue weighted by Gasteiger charge is 2.35. The molecule has 10 nitrogen and oxygen atoms in total. The summed E-state index contributed by atoms with van der Waals surface area (Å²) < 4.78 is 19.3. The van der Waals surface area contributed by atoms with E-state index in [0.29, 0.717) is 33.0 Å². The number of nitro groups is 1. The molecule has 0 aliphatic carbocycles. The SMILES string of the molecule is CCOC(=O)C1=C(C)N=c2s/c(=C\c3cccc(OCc4ccccc4)c3)c(=O)n2[C@H]1c1ccc(-c2cc([N+](=O)[O-])ccc2Cl)o1. The van der Waals surface area contributed by atoms with E-state index < -0.39 is 16.9 Å². The number of esters is 1. The number of fused-ring (bicyclic) bond motifs is 1. The van der Waals surface area contributed by atoms with Crippen LogP contribution in [0.25, 0.3) is 17.4 Å². The number of carbonyl (C=O) groups excluding carboxylic acids is 1. The summed E-state index contributed by atoms with van der Waals surface area (Å²) in [5, 5.41) is 11.6. The van der Waals surface area contributed by atoms with Crippen molar-refractivity contribution < 1.29 is 23.6 Å². The Balaban J connectivity index is 1.42. The maximum atomic E-state index is 14.0. The lowest BCUT2D eigenvalue weighted by molar-refractivity contribution is -0.384. The Morgan fingerprint density at radius 3 is 2.67 bits per heavy atom. The minimum Gasteiger partial charge on any atom is -0.489 e. The molecular weight excluding hydrogens is 630 g/mol. The normalized spacial score (nSPS) is 14.5. The number of non-ortho nitro benzene ring substituents is 1. The lowest BCUT2D eigenvalue weighted by Crippen LogP contribution is -2.39. The number of allylic oxidation sites excluding steroid dienone is 1. The molecule has 0 saturated heterocycles. The third-order valence-electron chi connectivity index (χ3n) is 7.24. The molecule has 46 heavy (non-hydrogen) atoms. The number of thiazole rings is 1. The molecule has 0 amide bonds. The lowest BCUT2D eigenvalue weighted by Gasteiger charge is -2.22. The average Bonchev–Trinajstić information content (AvgIpc) is 3.65. The van der Waals surface area contributed by atoms with E-state index in [4.69, 9.17) is 25.5 Å². The van der Waals surface area contributed by atoms with Crippen LogP contribution in [0.3, 0.4) is 0 Å². The van der Waals surface area contributed by atoms with E-state index in [2.05, 4.69) is 4.99 Å². The fourth-order valence-corrected chi connectivity index (χ4v) is 6.36. The molecule has 1 aliphatic rings. The highest BCUT2D eigenvalue weighted by molar-refractivity contribution is 7.07. The molecule has 0 bridgehead atoms. The van der Waals surface area contributed by atoms with Crippen LogP contribution < -0.4 is 19.6 Å². The van der Waals surface area contributed by atoms with Gasteiger partial charge in [0.05, 0.1) is 32.4 Å². The standard InChI is InChI=1S/C34H26ClN3O7S/c1-3-43-33(40)30-20(2)36-34-37(31(30)28-15-14-27(45-28)25-18-23(38(41)42)12-13-26(25)35)32(39)29(46-34)17-22-10-7-11-24(16-22)44-19-21-8-5-4-6-9-21/h4-18,31H,3,19H2,1-2H3/b29-17-/t31-/m0/s1. The van der Waals surface area contributed by atoms with Gasteiger partial charge in [0, 0.05) is 17.7 Å². The van der Waals surface area contributed by atoms with Crippen LogP contribution in [0.4, 0.5) is 5.69 Å². The van der Waals surface area contributed by atoms with Crippen molar-refractivity contribution >= 4 is 40.7 Å². The maximum Gasteiger partial charge on any atom is 0.338 e. The quantitative estimate of drug-likeness (QED) is 0.105. The monoisotopic (exact) mass is 655 g/mol. The molecule has 2 aromatic heterocycles. The number of hydrogen-bond acceptors (Lipinski definition) is 9. The molecule has 1 aliphatic heterocycles. The van der Waals surface area contributed by atoms with Crippen LogP contribution in [0.5, 0.6) is 5.75 Å². The van der Waals surface area contributed by atoms with Gasteiger partial charge in [0.25, 0.3) is 11.2 Å². The van der Waals surface area contributed by atoms with Gasteiger partial charge in [-0.05, 0) is 61.4 Å². The second-order valence-corrected chi connectivity index (χ2v) is 11.7. The summed E-state index contributed by atoms with van der Waals surface area (Å²) in [6, 6.07) is 23.4. The number of benzene rings is 3. The van der Waals surface area contributed by atoms with Crippen molar-refractivity contribution in [2.24, 2.45) is 4.99 Å². The van der Waals surface area contributed by atoms with E-state index in [1.54, 1.807) is 32.1 Å². The number of aromatic nitrogens is 1. The highest BCUT2D eigenvalue weighted by Crippen LogP contribution is 2.37. The first-order valence-electron chi connectivity index (χ1n) is 14.2. The van der Waals surface area contributed by atoms with Crippen LogP contribution in [0, 0.1) is 10.1 Å². The van der Waals surface area contributed by atoms with Crippen molar-refractivity contribution in [3.63, 3.8) is 0 Å². The smallest absolute Gasteiger partial charge is 0.338 e. The molecule has 1 atom stereocenters. The van der Waals surface area contributed by atoms with E-state index in [-0.39, 0.29) is 40.0 Å². The summed E-state index contributed by atoms with van der Waals surface area (Å²) >= 11 is 7.55. The number of ether oxygens (including phenoxy) is 2. The predicted molar refractivity (Wildman–Crippen MR) is 173 cm³/mol. The molecule has 3 heterocycles. The molecule has 3 aromatic carbocycles. The molecule has 6 rings (SSSR count). The summed E-state index contributed by atoms with van der Waals surface area (Å²) in [5.41, 5.74) is 2.04. The number of rotatable bonds is 9. The number of furan rings is 1. The second kappa shape index (κ2) is 13.0. The number of nitro benzene ring substituents is 1. The molecule has 232 valence electrons. The fraction of sp³-hybridized carbons (Fsp3) is 0.147. The summed E-state index contributed by atoms with van der Waals surface area (Å²) in [5.74, 6) is 0.471. The first-order valence-corrected chi connectivity index (χ1v) is 15.4. The average molecular weight is 656 g/mol. The number of halogens is 1. The number of nitrogens with zero attached hydrogens (tertiary/aromatic N) is 3. The Bertz CT molecular complexity index is 2180. The molecule has 5 aromatic rings. The predicted octanol–water partition coefficient (Wildman–Crippen LogP) is 6.20. The Morgan fingerprint density at radius 2 is 1.91 bits per heavy atom. The third kappa shape index (κ3) is 6.15. The van der Waals surface area contributed by atoms with Crippen molar-refractivity contribution in [1.82, 2.24) is 4.57 Å². The zero-order chi connectivity index (χ0) is 32.4. The Labute approximate surface area is 271 Å². The van der Waals surface area contributed by atoms with Crippen LogP contribution in [-0.4, -0.2) is 22.1 Å². The van der Waals surface area contributed by atoms with Crippen LogP contribution in [0.2, 0.25) is 5.02 Å². The van der Waals surface area contributed by atoms with E-state index in [0.717, 1.165) is 11.1 Å². The van der Waals surface area contributed by atoms with Gasteiger partial charge in [-0.3, -0.25) is 19.5 Å². The van der Waals surface area contributed by atoms with Gasteiger partial charge in [-0.1, -0.05) is 65.4 Å².